The Morgan fingerprint density at radius 2 is 1.75 bits per heavy atom. The molecule has 0 aliphatic heterocycles. The first kappa shape index (κ1) is 17.8. The van der Waals surface area contributed by atoms with Gasteiger partial charge in [0.2, 0.25) is 5.91 Å². The number of rotatable bonds is 4. The molecule has 0 fully saturated rings. The summed E-state index contributed by atoms with van der Waals surface area (Å²) in [4.78, 5) is 16.0. The van der Waals surface area contributed by atoms with Gasteiger partial charge in [0.25, 0.3) is 0 Å². The topological polar surface area (TPSA) is 65.5 Å². The Hall–Kier alpha value is -2.56. The van der Waals surface area contributed by atoms with E-state index < -0.39 is 0 Å². The molecule has 0 bridgehead atoms. The van der Waals surface area contributed by atoms with Gasteiger partial charge >= 0.3 is 0 Å². The molecule has 0 heterocycles. The normalized spacial score (nSPS) is 12.1. The van der Waals surface area contributed by atoms with Crippen LogP contribution in [0.4, 0.5) is 0 Å². The van der Waals surface area contributed by atoms with Crippen molar-refractivity contribution >= 4 is 22.6 Å². The van der Waals surface area contributed by atoms with E-state index in [-0.39, 0.29) is 18.0 Å². The number of nitrogens with zero attached hydrogens (tertiary/aromatic N) is 1. The van der Waals surface area contributed by atoms with E-state index in [9.17, 15) is 4.79 Å². The van der Waals surface area contributed by atoms with Crippen LogP contribution in [0.15, 0.2) is 47.5 Å². The summed E-state index contributed by atoms with van der Waals surface area (Å²) in [6.07, 6.45) is 0. The van der Waals surface area contributed by atoms with Gasteiger partial charge in [-0.25, -0.2) is 0 Å². The Kier molecular flexibility index (Phi) is 5.79. The fraction of sp³-hybridized carbons (Fsp3) is 0.368. The molecule has 0 unspecified atom stereocenters. The molecule has 0 aromatic heterocycles. The summed E-state index contributed by atoms with van der Waals surface area (Å²) in [5, 5.41) is 11.6. The SMILES string of the molecule is CN=C(NCC(=O)NC(C)(C)C)NCc1cccc2ccccc12. The molecule has 2 aromatic carbocycles. The third kappa shape index (κ3) is 5.26. The fourth-order valence-electron chi connectivity index (χ4n) is 2.47. The van der Waals surface area contributed by atoms with Gasteiger partial charge in [0.1, 0.15) is 0 Å². The van der Waals surface area contributed by atoms with Crippen LogP contribution in [0.3, 0.4) is 0 Å². The lowest BCUT2D eigenvalue weighted by Gasteiger charge is -2.21. The van der Waals surface area contributed by atoms with Gasteiger partial charge in [0, 0.05) is 19.1 Å². The molecule has 128 valence electrons. The highest BCUT2D eigenvalue weighted by atomic mass is 16.2. The lowest BCUT2D eigenvalue weighted by molar-refractivity contribution is -0.121. The van der Waals surface area contributed by atoms with Crippen molar-refractivity contribution in [2.24, 2.45) is 4.99 Å². The lowest BCUT2D eigenvalue weighted by atomic mass is 10.0. The van der Waals surface area contributed by atoms with Crippen LogP contribution in [0, 0.1) is 0 Å². The summed E-state index contributed by atoms with van der Waals surface area (Å²) < 4.78 is 0. The molecule has 0 aliphatic rings. The summed E-state index contributed by atoms with van der Waals surface area (Å²) in [6.45, 7) is 6.70. The standard InChI is InChI=1S/C19H26N4O/c1-19(2,3)23-17(24)13-22-18(20-4)21-12-15-10-7-9-14-8-5-6-11-16(14)15/h5-11H,12-13H2,1-4H3,(H,23,24)(H2,20,21,22). The molecule has 24 heavy (non-hydrogen) atoms. The van der Waals surface area contributed by atoms with Crippen LogP contribution in [0.25, 0.3) is 10.8 Å². The molecule has 5 heteroatoms. The van der Waals surface area contributed by atoms with Crippen molar-refractivity contribution in [3.8, 4) is 0 Å². The second-order valence-corrected chi connectivity index (χ2v) is 6.72. The summed E-state index contributed by atoms with van der Waals surface area (Å²) in [5.41, 5.74) is 0.953. The maximum Gasteiger partial charge on any atom is 0.239 e. The van der Waals surface area contributed by atoms with E-state index in [1.807, 2.05) is 39.0 Å². The summed E-state index contributed by atoms with van der Waals surface area (Å²) in [5.74, 6) is 0.544. The molecule has 0 aliphatic carbocycles. The van der Waals surface area contributed by atoms with Crippen molar-refractivity contribution in [2.75, 3.05) is 13.6 Å². The van der Waals surface area contributed by atoms with E-state index in [2.05, 4.69) is 45.2 Å². The number of aliphatic imine (C=N–C) groups is 1. The van der Waals surface area contributed by atoms with Gasteiger partial charge in [-0.05, 0) is 37.1 Å². The second kappa shape index (κ2) is 7.81. The predicted molar refractivity (Wildman–Crippen MR) is 100 cm³/mol. The molecule has 0 saturated heterocycles. The highest BCUT2D eigenvalue weighted by molar-refractivity contribution is 5.88. The minimum atomic E-state index is -0.237. The maximum atomic E-state index is 11.9. The van der Waals surface area contributed by atoms with Crippen LogP contribution in [0.5, 0.6) is 0 Å². The first-order chi connectivity index (χ1) is 11.4. The first-order valence-corrected chi connectivity index (χ1v) is 8.11. The molecule has 5 nitrogen and oxygen atoms in total. The molecular formula is C19H26N4O. The predicted octanol–water partition coefficient (Wildman–Crippen LogP) is 2.42. The van der Waals surface area contributed by atoms with Crippen LogP contribution in [-0.2, 0) is 11.3 Å². The molecule has 0 radical (unpaired) electrons. The molecular weight excluding hydrogens is 300 g/mol. The average Bonchev–Trinajstić information content (AvgIpc) is 2.53. The Morgan fingerprint density at radius 3 is 2.46 bits per heavy atom. The number of hydrogen-bond donors (Lipinski definition) is 3. The zero-order chi connectivity index (χ0) is 17.6. The van der Waals surface area contributed by atoms with Gasteiger partial charge in [-0.3, -0.25) is 9.79 Å². The summed E-state index contributed by atoms with van der Waals surface area (Å²) in [7, 11) is 1.69. The number of guanidine groups is 1. The molecule has 0 spiro atoms. The Morgan fingerprint density at radius 1 is 1.04 bits per heavy atom. The zero-order valence-corrected chi connectivity index (χ0v) is 14.8. The fourth-order valence-corrected chi connectivity index (χ4v) is 2.47. The van der Waals surface area contributed by atoms with Gasteiger partial charge in [0.15, 0.2) is 5.96 Å². The highest BCUT2D eigenvalue weighted by Gasteiger charge is 2.13. The van der Waals surface area contributed by atoms with Gasteiger partial charge < -0.3 is 16.0 Å². The van der Waals surface area contributed by atoms with Crippen LogP contribution in [0.2, 0.25) is 0 Å². The second-order valence-electron chi connectivity index (χ2n) is 6.72. The molecule has 2 aromatic rings. The zero-order valence-electron chi connectivity index (χ0n) is 14.8. The van der Waals surface area contributed by atoms with Crippen molar-refractivity contribution in [1.29, 1.82) is 0 Å². The number of amides is 1. The van der Waals surface area contributed by atoms with E-state index in [0.717, 1.165) is 0 Å². The van der Waals surface area contributed by atoms with E-state index in [4.69, 9.17) is 0 Å². The van der Waals surface area contributed by atoms with E-state index in [1.165, 1.54) is 16.3 Å². The third-order valence-electron chi connectivity index (χ3n) is 3.48. The third-order valence-corrected chi connectivity index (χ3v) is 3.48. The number of carbonyl (C=O) groups is 1. The number of fused-ring (bicyclic) bond motifs is 1. The molecule has 1 amide bonds. The molecule has 0 atom stereocenters. The van der Waals surface area contributed by atoms with Crippen LogP contribution in [0.1, 0.15) is 26.3 Å². The van der Waals surface area contributed by atoms with Gasteiger partial charge in [-0.2, -0.15) is 0 Å². The number of carbonyl (C=O) groups excluding carboxylic acids is 1. The lowest BCUT2D eigenvalue weighted by Crippen LogP contribution is -2.48. The van der Waals surface area contributed by atoms with Crippen LogP contribution < -0.4 is 16.0 Å². The maximum absolute atomic E-state index is 11.9. The van der Waals surface area contributed by atoms with Crippen LogP contribution >= 0.6 is 0 Å². The summed E-state index contributed by atoms with van der Waals surface area (Å²) >= 11 is 0. The molecule has 0 saturated carbocycles. The quantitative estimate of drug-likeness (QED) is 0.597. The highest BCUT2D eigenvalue weighted by Crippen LogP contribution is 2.18. The van der Waals surface area contributed by atoms with Gasteiger partial charge in [0.05, 0.1) is 6.54 Å². The van der Waals surface area contributed by atoms with Gasteiger partial charge in [-0.15, -0.1) is 0 Å². The van der Waals surface area contributed by atoms with Crippen molar-refractivity contribution in [2.45, 2.75) is 32.9 Å². The van der Waals surface area contributed by atoms with Crippen molar-refractivity contribution in [3.63, 3.8) is 0 Å². The number of nitrogens with one attached hydrogen (secondary N) is 3. The summed E-state index contributed by atoms with van der Waals surface area (Å²) in [6, 6.07) is 14.5. The minimum Gasteiger partial charge on any atom is -0.352 e. The smallest absolute Gasteiger partial charge is 0.239 e. The van der Waals surface area contributed by atoms with E-state index >= 15 is 0 Å². The van der Waals surface area contributed by atoms with Crippen molar-refractivity contribution in [3.05, 3.63) is 48.0 Å². The number of hydrogen-bond acceptors (Lipinski definition) is 2. The van der Waals surface area contributed by atoms with Crippen molar-refractivity contribution in [1.82, 2.24) is 16.0 Å². The Labute approximate surface area is 143 Å². The van der Waals surface area contributed by atoms with Gasteiger partial charge in [-0.1, -0.05) is 42.5 Å². The first-order valence-electron chi connectivity index (χ1n) is 8.11. The number of benzene rings is 2. The minimum absolute atomic E-state index is 0.0596. The molecule has 2 rings (SSSR count). The van der Waals surface area contributed by atoms with Crippen LogP contribution in [-0.4, -0.2) is 31.0 Å². The monoisotopic (exact) mass is 326 g/mol. The molecule has 3 N–H and O–H groups in total. The van der Waals surface area contributed by atoms with E-state index in [1.54, 1.807) is 7.05 Å². The Balaban J connectivity index is 1.93. The largest absolute Gasteiger partial charge is 0.352 e. The Bertz CT molecular complexity index is 726. The van der Waals surface area contributed by atoms with E-state index in [0.29, 0.717) is 12.5 Å². The average molecular weight is 326 g/mol. The van der Waals surface area contributed by atoms with Crippen molar-refractivity contribution < 1.29 is 4.79 Å².